The van der Waals surface area contributed by atoms with Crippen molar-refractivity contribution < 1.29 is 9.53 Å². The first-order chi connectivity index (χ1) is 8.61. The number of aryl methyl sites for hydroxylation is 1. The number of nitrogens with one attached hydrogen (secondary N) is 2. The van der Waals surface area contributed by atoms with E-state index < -0.39 is 5.91 Å². The summed E-state index contributed by atoms with van der Waals surface area (Å²) in [4.78, 5) is 11.8. The van der Waals surface area contributed by atoms with Gasteiger partial charge < -0.3 is 10.1 Å². The molecule has 0 spiro atoms. The quantitative estimate of drug-likeness (QED) is 0.896. The molecule has 0 radical (unpaired) electrons. The molecule has 2 aromatic rings. The first kappa shape index (κ1) is 12.5. The number of rotatable bonds is 3. The highest BCUT2D eigenvalue weighted by molar-refractivity contribution is 9.10. The largest absolute Gasteiger partial charge is 0.495 e. The van der Waals surface area contributed by atoms with Crippen molar-refractivity contribution in [1.82, 2.24) is 20.6 Å². The van der Waals surface area contributed by atoms with Crippen LogP contribution < -0.4 is 10.1 Å². The summed E-state index contributed by atoms with van der Waals surface area (Å²) in [6.07, 6.45) is 0. The maximum absolute atomic E-state index is 11.8. The third kappa shape index (κ3) is 2.48. The van der Waals surface area contributed by atoms with Gasteiger partial charge in [0.1, 0.15) is 5.75 Å². The number of nitrogens with zero attached hydrogens (tertiary/aromatic N) is 3. The number of aromatic nitrogens is 4. The normalized spacial score (nSPS) is 10.2. The Kier molecular flexibility index (Phi) is 3.56. The fourth-order valence-electron chi connectivity index (χ4n) is 1.46. The van der Waals surface area contributed by atoms with Crippen LogP contribution in [0.15, 0.2) is 16.6 Å². The van der Waals surface area contributed by atoms with Gasteiger partial charge in [0.05, 0.1) is 12.8 Å². The first-order valence-electron chi connectivity index (χ1n) is 5.00. The van der Waals surface area contributed by atoms with Gasteiger partial charge in [-0.15, -0.1) is 10.2 Å². The van der Waals surface area contributed by atoms with Crippen molar-refractivity contribution in [3.63, 3.8) is 0 Å². The van der Waals surface area contributed by atoms with Crippen molar-refractivity contribution >= 4 is 27.5 Å². The van der Waals surface area contributed by atoms with E-state index in [1.165, 1.54) is 7.11 Å². The number of hydrogen-bond donors (Lipinski definition) is 2. The maximum atomic E-state index is 11.8. The minimum absolute atomic E-state index is 0.0284. The van der Waals surface area contributed by atoms with Crippen LogP contribution in [0, 0.1) is 6.92 Å². The summed E-state index contributed by atoms with van der Waals surface area (Å²) >= 11 is 3.36. The summed E-state index contributed by atoms with van der Waals surface area (Å²) in [5, 5.41) is 15.4. The fraction of sp³-hybridized carbons (Fsp3) is 0.200. The van der Waals surface area contributed by atoms with Crippen LogP contribution in [-0.2, 0) is 0 Å². The van der Waals surface area contributed by atoms with Crippen LogP contribution in [0.25, 0.3) is 0 Å². The van der Waals surface area contributed by atoms with Gasteiger partial charge in [-0.05, 0) is 29.8 Å². The molecular weight excluding hydrogens is 302 g/mol. The van der Waals surface area contributed by atoms with Crippen molar-refractivity contribution in [2.24, 2.45) is 0 Å². The van der Waals surface area contributed by atoms with E-state index in [0.717, 1.165) is 10.0 Å². The van der Waals surface area contributed by atoms with Gasteiger partial charge in [-0.1, -0.05) is 15.9 Å². The van der Waals surface area contributed by atoms with E-state index in [1.807, 2.05) is 13.0 Å². The molecule has 2 rings (SSSR count). The molecule has 0 saturated carbocycles. The predicted octanol–water partition coefficient (Wildman–Crippen LogP) is 1.53. The van der Waals surface area contributed by atoms with Crippen molar-refractivity contribution in [3.05, 3.63) is 28.0 Å². The lowest BCUT2D eigenvalue weighted by molar-refractivity contribution is 0.101. The second-order valence-electron chi connectivity index (χ2n) is 3.49. The highest BCUT2D eigenvalue weighted by Crippen LogP contribution is 2.32. The van der Waals surface area contributed by atoms with Crippen LogP contribution in [0.4, 0.5) is 5.69 Å². The minimum atomic E-state index is -0.451. The molecule has 0 saturated heterocycles. The predicted molar refractivity (Wildman–Crippen MR) is 67.6 cm³/mol. The molecule has 1 aromatic carbocycles. The smallest absolute Gasteiger partial charge is 0.297 e. The Morgan fingerprint density at radius 2 is 2.28 bits per heavy atom. The number of benzene rings is 1. The van der Waals surface area contributed by atoms with Gasteiger partial charge in [0.2, 0.25) is 0 Å². The summed E-state index contributed by atoms with van der Waals surface area (Å²) in [7, 11) is 1.53. The standard InChI is InChI=1S/C10H10BrN5O2/c1-5-3-6(11)4-7(18-2)8(5)12-10(17)9-13-15-16-14-9/h3-4H,1-2H3,(H,12,17)(H,13,14,15,16). The number of aromatic amines is 1. The zero-order valence-electron chi connectivity index (χ0n) is 9.69. The van der Waals surface area contributed by atoms with E-state index in [1.54, 1.807) is 6.07 Å². The third-order valence-corrected chi connectivity index (χ3v) is 2.73. The van der Waals surface area contributed by atoms with E-state index in [0.29, 0.717) is 11.4 Å². The minimum Gasteiger partial charge on any atom is -0.495 e. The number of tetrazole rings is 1. The van der Waals surface area contributed by atoms with Crippen LogP contribution in [0.3, 0.4) is 0 Å². The molecule has 94 valence electrons. The molecular formula is C10H10BrN5O2. The highest BCUT2D eigenvalue weighted by atomic mass is 79.9. The Morgan fingerprint density at radius 3 is 2.89 bits per heavy atom. The fourth-order valence-corrected chi connectivity index (χ4v) is 2.01. The number of anilines is 1. The monoisotopic (exact) mass is 311 g/mol. The number of carbonyl (C=O) groups excluding carboxylic acids is 1. The molecule has 0 fully saturated rings. The average Bonchev–Trinajstić information content (AvgIpc) is 2.85. The Morgan fingerprint density at radius 1 is 1.50 bits per heavy atom. The molecule has 2 N–H and O–H groups in total. The maximum Gasteiger partial charge on any atom is 0.297 e. The van der Waals surface area contributed by atoms with Crippen LogP contribution in [0.1, 0.15) is 16.2 Å². The SMILES string of the molecule is COc1cc(Br)cc(C)c1NC(=O)c1nn[nH]n1. The van der Waals surface area contributed by atoms with E-state index in [4.69, 9.17) is 4.74 Å². The third-order valence-electron chi connectivity index (χ3n) is 2.27. The Bertz CT molecular complexity index is 570. The molecule has 0 bridgehead atoms. The number of ether oxygens (including phenoxy) is 1. The van der Waals surface area contributed by atoms with Crippen molar-refractivity contribution in [1.29, 1.82) is 0 Å². The van der Waals surface area contributed by atoms with Gasteiger partial charge in [-0.2, -0.15) is 5.21 Å². The van der Waals surface area contributed by atoms with Gasteiger partial charge in [-0.3, -0.25) is 4.79 Å². The number of amides is 1. The molecule has 1 heterocycles. The Hall–Kier alpha value is -1.96. The zero-order valence-corrected chi connectivity index (χ0v) is 11.3. The topological polar surface area (TPSA) is 92.8 Å². The van der Waals surface area contributed by atoms with Gasteiger partial charge >= 0.3 is 0 Å². The summed E-state index contributed by atoms with van der Waals surface area (Å²) in [6, 6.07) is 3.63. The summed E-state index contributed by atoms with van der Waals surface area (Å²) < 4.78 is 6.09. The number of hydrogen-bond acceptors (Lipinski definition) is 5. The van der Waals surface area contributed by atoms with E-state index in [9.17, 15) is 4.79 Å². The zero-order chi connectivity index (χ0) is 13.1. The molecule has 7 nitrogen and oxygen atoms in total. The van der Waals surface area contributed by atoms with Crippen molar-refractivity contribution in [2.45, 2.75) is 6.92 Å². The molecule has 0 aliphatic rings. The number of methoxy groups -OCH3 is 1. The second kappa shape index (κ2) is 5.13. The van der Waals surface area contributed by atoms with E-state index >= 15 is 0 Å². The number of halogens is 1. The van der Waals surface area contributed by atoms with Gasteiger partial charge in [0.25, 0.3) is 11.7 Å². The molecule has 0 aliphatic carbocycles. The van der Waals surface area contributed by atoms with Crippen LogP contribution in [0.2, 0.25) is 0 Å². The molecule has 0 unspecified atom stereocenters. The van der Waals surface area contributed by atoms with Crippen molar-refractivity contribution in [3.8, 4) is 5.75 Å². The lowest BCUT2D eigenvalue weighted by Crippen LogP contribution is -2.15. The molecule has 8 heteroatoms. The lowest BCUT2D eigenvalue weighted by atomic mass is 10.2. The van der Waals surface area contributed by atoms with Gasteiger partial charge in [-0.25, -0.2) is 0 Å². The number of H-pyrrole nitrogens is 1. The van der Waals surface area contributed by atoms with Gasteiger partial charge in [0, 0.05) is 4.47 Å². The van der Waals surface area contributed by atoms with E-state index in [2.05, 4.69) is 41.9 Å². The Balaban J connectivity index is 2.31. The second-order valence-corrected chi connectivity index (χ2v) is 4.41. The highest BCUT2D eigenvalue weighted by Gasteiger charge is 2.15. The molecule has 18 heavy (non-hydrogen) atoms. The first-order valence-corrected chi connectivity index (χ1v) is 5.80. The summed E-state index contributed by atoms with van der Waals surface area (Å²) in [5.41, 5.74) is 1.44. The Labute approximate surface area is 111 Å². The average molecular weight is 312 g/mol. The summed E-state index contributed by atoms with van der Waals surface area (Å²) in [5.74, 6) is 0.0746. The summed E-state index contributed by atoms with van der Waals surface area (Å²) in [6.45, 7) is 1.86. The van der Waals surface area contributed by atoms with Crippen LogP contribution in [-0.4, -0.2) is 33.6 Å². The molecule has 1 aromatic heterocycles. The number of carbonyl (C=O) groups is 1. The molecule has 0 aliphatic heterocycles. The molecule has 0 atom stereocenters. The molecule has 1 amide bonds. The van der Waals surface area contributed by atoms with Crippen LogP contribution >= 0.6 is 15.9 Å². The van der Waals surface area contributed by atoms with Crippen LogP contribution in [0.5, 0.6) is 5.75 Å². The van der Waals surface area contributed by atoms with Gasteiger partial charge in [0.15, 0.2) is 0 Å². The lowest BCUT2D eigenvalue weighted by Gasteiger charge is -2.12. The van der Waals surface area contributed by atoms with Crippen molar-refractivity contribution in [2.75, 3.05) is 12.4 Å². The van der Waals surface area contributed by atoms with E-state index in [-0.39, 0.29) is 5.82 Å².